The van der Waals surface area contributed by atoms with Crippen molar-refractivity contribution in [2.45, 2.75) is 26.2 Å². The van der Waals surface area contributed by atoms with Gasteiger partial charge >= 0.3 is 0 Å². The maximum atomic E-state index is 11.4. The lowest BCUT2D eigenvalue weighted by atomic mass is 10.1. The molecule has 0 fully saturated rings. The van der Waals surface area contributed by atoms with Crippen LogP contribution in [0, 0.1) is 0 Å². The maximum Gasteiger partial charge on any atom is 0.162 e. The molecule has 0 radical (unpaired) electrons. The molecule has 0 bridgehead atoms. The van der Waals surface area contributed by atoms with E-state index >= 15 is 0 Å². The third-order valence-corrected chi connectivity index (χ3v) is 2.38. The number of phenols is 1. The second-order valence-corrected chi connectivity index (χ2v) is 3.78. The second-order valence-electron chi connectivity index (χ2n) is 3.78. The number of hydrogen-bond acceptors (Lipinski definition) is 5. The van der Waals surface area contributed by atoms with Crippen molar-refractivity contribution < 1.29 is 24.5 Å². The molecular formula is C13H15O5-. The lowest BCUT2D eigenvalue weighted by molar-refractivity contribution is -0.305. The number of ketones is 1. The van der Waals surface area contributed by atoms with Crippen molar-refractivity contribution in [2.24, 2.45) is 0 Å². The minimum atomic E-state index is -1.13. The first-order valence-corrected chi connectivity index (χ1v) is 5.73. The largest absolute Gasteiger partial charge is 0.550 e. The highest BCUT2D eigenvalue weighted by Crippen LogP contribution is 2.27. The molecule has 18 heavy (non-hydrogen) atoms. The zero-order chi connectivity index (χ0) is 13.5. The van der Waals surface area contributed by atoms with Gasteiger partial charge in [-0.15, -0.1) is 0 Å². The summed E-state index contributed by atoms with van der Waals surface area (Å²) in [5.74, 6) is -1.08. The highest BCUT2D eigenvalue weighted by molar-refractivity contribution is 5.96. The van der Waals surface area contributed by atoms with E-state index in [1.807, 2.05) is 0 Å². The van der Waals surface area contributed by atoms with E-state index in [4.69, 9.17) is 4.74 Å². The molecule has 0 aliphatic heterocycles. The molecule has 0 spiro atoms. The Morgan fingerprint density at radius 2 is 2.11 bits per heavy atom. The first kappa shape index (κ1) is 14.0. The average Bonchev–Trinajstić information content (AvgIpc) is 2.34. The van der Waals surface area contributed by atoms with E-state index < -0.39 is 5.97 Å². The first-order valence-electron chi connectivity index (χ1n) is 5.73. The fraction of sp³-hybridized carbons (Fsp3) is 0.385. The Bertz CT molecular complexity index is 439. The summed E-state index contributed by atoms with van der Waals surface area (Å²) in [5, 5.41) is 19.8. The fourth-order valence-corrected chi connectivity index (χ4v) is 1.42. The monoisotopic (exact) mass is 251 g/mol. The number of aromatic hydroxyl groups is 1. The van der Waals surface area contributed by atoms with Crippen LogP contribution in [0.2, 0.25) is 0 Å². The first-order chi connectivity index (χ1) is 8.54. The average molecular weight is 251 g/mol. The van der Waals surface area contributed by atoms with Gasteiger partial charge in [0.25, 0.3) is 0 Å². The molecule has 1 aromatic rings. The molecule has 0 atom stereocenters. The Kier molecular flexibility index (Phi) is 5.17. The minimum Gasteiger partial charge on any atom is -0.550 e. The highest BCUT2D eigenvalue weighted by atomic mass is 16.5. The number of carboxylic acid groups (broad SMARTS) is 1. The third kappa shape index (κ3) is 4.08. The predicted molar refractivity (Wildman–Crippen MR) is 62.5 cm³/mol. The number of phenolic OH excluding ortho intramolecular Hbond substituents is 1. The molecule has 0 saturated carbocycles. The standard InChI is InChI=1S/C13H16O5/c1-2-10(14)9-5-6-12(11(15)8-9)18-7-3-4-13(16)17/h5-6,8,15H,2-4,7H2,1H3,(H,16,17)/p-1. The van der Waals surface area contributed by atoms with Gasteiger partial charge in [-0.05, 0) is 31.0 Å². The van der Waals surface area contributed by atoms with Crippen molar-refractivity contribution in [3.8, 4) is 11.5 Å². The summed E-state index contributed by atoms with van der Waals surface area (Å²) in [7, 11) is 0. The SMILES string of the molecule is CCC(=O)c1ccc(OCCCC(=O)[O-])c(O)c1. The van der Waals surface area contributed by atoms with Gasteiger partial charge in [0.15, 0.2) is 17.3 Å². The van der Waals surface area contributed by atoms with Crippen LogP contribution in [0.1, 0.15) is 36.5 Å². The van der Waals surface area contributed by atoms with Gasteiger partial charge in [-0.1, -0.05) is 6.92 Å². The van der Waals surface area contributed by atoms with Gasteiger partial charge in [0, 0.05) is 18.0 Å². The van der Waals surface area contributed by atoms with Crippen LogP contribution in [-0.4, -0.2) is 23.5 Å². The fourth-order valence-electron chi connectivity index (χ4n) is 1.42. The van der Waals surface area contributed by atoms with Gasteiger partial charge in [-0.2, -0.15) is 0 Å². The minimum absolute atomic E-state index is 0.0613. The number of aliphatic carboxylic acids is 1. The molecule has 0 aliphatic carbocycles. The number of carbonyl (C=O) groups excluding carboxylic acids is 2. The van der Waals surface area contributed by atoms with Crippen molar-refractivity contribution in [3.05, 3.63) is 23.8 Å². The van der Waals surface area contributed by atoms with Gasteiger partial charge in [-0.3, -0.25) is 4.79 Å². The van der Waals surface area contributed by atoms with E-state index in [2.05, 4.69) is 0 Å². The van der Waals surface area contributed by atoms with Crippen molar-refractivity contribution in [3.63, 3.8) is 0 Å². The molecule has 0 aliphatic rings. The third-order valence-electron chi connectivity index (χ3n) is 2.38. The molecule has 98 valence electrons. The molecule has 5 heteroatoms. The van der Waals surface area contributed by atoms with Crippen molar-refractivity contribution in [2.75, 3.05) is 6.61 Å². The molecule has 1 aromatic carbocycles. The van der Waals surface area contributed by atoms with Crippen LogP contribution in [0.4, 0.5) is 0 Å². The summed E-state index contributed by atoms with van der Waals surface area (Å²) >= 11 is 0. The summed E-state index contributed by atoms with van der Waals surface area (Å²) in [6, 6.07) is 4.41. The quantitative estimate of drug-likeness (QED) is 0.574. The van der Waals surface area contributed by atoms with E-state index in [0.717, 1.165) is 0 Å². The van der Waals surface area contributed by atoms with Crippen LogP contribution in [0.5, 0.6) is 11.5 Å². The Labute approximate surface area is 105 Å². The van der Waals surface area contributed by atoms with E-state index in [1.165, 1.54) is 12.1 Å². The Hall–Kier alpha value is -2.04. The number of ether oxygens (including phenoxy) is 1. The number of Topliss-reactive ketones (excluding diaryl/α,β-unsaturated/α-hetero) is 1. The molecule has 0 unspecified atom stereocenters. The summed E-state index contributed by atoms with van der Waals surface area (Å²) in [5.41, 5.74) is 0.428. The molecule has 0 heterocycles. The topological polar surface area (TPSA) is 86.7 Å². The van der Waals surface area contributed by atoms with Gasteiger partial charge in [0.05, 0.1) is 6.61 Å². The van der Waals surface area contributed by atoms with Gasteiger partial charge < -0.3 is 19.7 Å². The summed E-state index contributed by atoms with van der Waals surface area (Å²) < 4.78 is 5.20. The molecule has 1 N–H and O–H groups in total. The van der Waals surface area contributed by atoms with Gasteiger partial charge in [0.2, 0.25) is 0 Å². The van der Waals surface area contributed by atoms with Crippen LogP contribution >= 0.6 is 0 Å². The Morgan fingerprint density at radius 3 is 2.67 bits per heavy atom. The molecule has 0 aromatic heterocycles. The molecule has 5 nitrogen and oxygen atoms in total. The molecule has 0 amide bonds. The van der Waals surface area contributed by atoms with Crippen molar-refractivity contribution >= 4 is 11.8 Å². The Morgan fingerprint density at radius 1 is 1.39 bits per heavy atom. The lowest BCUT2D eigenvalue weighted by Gasteiger charge is -2.09. The summed E-state index contributed by atoms with van der Waals surface area (Å²) in [6.07, 6.45) is 0.579. The van der Waals surface area contributed by atoms with Crippen LogP contribution in [0.15, 0.2) is 18.2 Å². The van der Waals surface area contributed by atoms with Crippen LogP contribution < -0.4 is 9.84 Å². The number of benzene rings is 1. The molecule has 0 saturated heterocycles. The lowest BCUT2D eigenvalue weighted by Crippen LogP contribution is -2.22. The number of hydrogen-bond donors (Lipinski definition) is 1. The highest BCUT2D eigenvalue weighted by Gasteiger charge is 2.08. The van der Waals surface area contributed by atoms with E-state index in [0.29, 0.717) is 18.4 Å². The zero-order valence-electron chi connectivity index (χ0n) is 10.1. The Balaban J connectivity index is 2.57. The van der Waals surface area contributed by atoms with E-state index in [1.54, 1.807) is 13.0 Å². The van der Waals surface area contributed by atoms with E-state index in [-0.39, 0.29) is 30.3 Å². The zero-order valence-corrected chi connectivity index (χ0v) is 10.1. The van der Waals surface area contributed by atoms with E-state index in [9.17, 15) is 19.8 Å². The maximum absolute atomic E-state index is 11.4. The van der Waals surface area contributed by atoms with Crippen molar-refractivity contribution in [1.29, 1.82) is 0 Å². The second kappa shape index (κ2) is 6.64. The summed E-state index contributed by atoms with van der Waals surface area (Å²) in [6.45, 7) is 1.91. The van der Waals surface area contributed by atoms with Crippen molar-refractivity contribution in [1.82, 2.24) is 0 Å². The van der Waals surface area contributed by atoms with Gasteiger partial charge in [0.1, 0.15) is 0 Å². The molecular weight excluding hydrogens is 236 g/mol. The predicted octanol–water partition coefficient (Wildman–Crippen LogP) is 0.894. The number of carbonyl (C=O) groups is 2. The number of rotatable bonds is 7. The van der Waals surface area contributed by atoms with Crippen LogP contribution in [-0.2, 0) is 4.79 Å². The normalized spacial score (nSPS) is 10.1. The molecule has 1 rings (SSSR count). The summed E-state index contributed by atoms with van der Waals surface area (Å²) in [4.78, 5) is 21.6. The number of carboxylic acids is 1. The van der Waals surface area contributed by atoms with Gasteiger partial charge in [-0.25, -0.2) is 0 Å². The van der Waals surface area contributed by atoms with Crippen LogP contribution in [0.3, 0.4) is 0 Å². The van der Waals surface area contributed by atoms with Crippen LogP contribution in [0.25, 0.3) is 0 Å². The smallest absolute Gasteiger partial charge is 0.162 e.